The molecule has 4 rings (SSSR count). The number of aromatic hydroxyl groups is 1. The maximum atomic E-state index is 13.4. The molecule has 0 radical (unpaired) electrons. The summed E-state index contributed by atoms with van der Waals surface area (Å²) in [5.41, 5.74) is 0.889. The monoisotopic (exact) mass is 549 g/mol. The molecule has 0 unspecified atom stereocenters. The average Bonchev–Trinajstić information content (AvgIpc) is 3.06. The van der Waals surface area contributed by atoms with E-state index in [0.717, 1.165) is 31.4 Å². The molecular weight excluding hydrogens is 529 g/mol. The summed E-state index contributed by atoms with van der Waals surface area (Å²) in [5, 5.41) is 21.9. The quantitative estimate of drug-likeness (QED) is 0.224. The number of phenols is 1. The van der Waals surface area contributed by atoms with E-state index in [1.165, 1.54) is 24.2 Å². The molecule has 2 aromatic carbocycles. The van der Waals surface area contributed by atoms with Crippen LogP contribution < -0.4 is 0 Å². The Balaban J connectivity index is 1.73. The van der Waals surface area contributed by atoms with Gasteiger partial charge in [-0.3, -0.25) is 19.8 Å². The number of carbonyl (C=O) groups is 1. The third kappa shape index (κ3) is 4.77. The minimum atomic E-state index is -0.625. The molecule has 9 heteroatoms. The molecule has 1 saturated carbocycles. The van der Waals surface area contributed by atoms with Crippen LogP contribution in [0.25, 0.3) is 6.08 Å². The Bertz CT molecular complexity index is 1080. The number of thioether (sulfide) groups is 1. The van der Waals surface area contributed by atoms with Crippen molar-refractivity contribution >= 4 is 62.9 Å². The zero-order chi connectivity index (χ0) is 22.0. The van der Waals surface area contributed by atoms with Crippen LogP contribution in [-0.2, 0) is 4.79 Å². The van der Waals surface area contributed by atoms with Crippen molar-refractivity contribution in [2.75, 3.05) is 0 Å². The van der Waals surface area contributed by atoms with Gasteiger partial charge in [0.15, 0.2) is 5.17 Å². The number of aliphatic imine (C=N–C) groups is 1. The number of amidine groups is 1. The van der Waals surface area contributed by atoms with Crippen molar-refractivity contribution in [2.24, 2.45) is 4.99 Å². The van der Waals surface area contributed by atoms with Gasteiger partial charge in [0.25, 0.3) is 5.91 Å². The minimum absolute atomic E-state index is 0.108. The van der Waals surface area contributed by atoms with Crippen molar-refractivity contribution in [1.29, 1.82) is 0 Å². The van der Waals surface area contributed by atoms with Crippen LogP contribution in [0.5, 0.6) is 5.75 Å². The van der Waals surface area contributed by atoms with Gasteiger partial charge in [-0.05, 0) is 77.0 Å². The first kappa shape index (κ1) is 21.8. The van der Waals surface area contributed by atoms with Crippen molar-refractivity contribution in [3.8, 4) is 5.75 Å². The SMILES string of the molecule is O=C1C(=Cc2cc(I)c(O)c([N+](=O)[O-])c2)SC(=Nc2ccccc2)N1C1CCCCC1. The standard InChI is InChI=1S/C22H20IN3O4S/c23-17-11-14(12-18(20(17)27)26(29)30)13-19-21(28)25(16-9-5-2-6-10-16)22(31-19)24-15-7-3-1-4-8-15/h1,3-4,7-8,11-13,16,27H,2,5-6,9-10H2. The lowest BCUT2D eigenvalue weighted by Crippen LogP contribution is -2.40. The molecule has 1 saturated heterocycles. The molecule has 31 heavy (non-hydrogen) atoms. The van der Waals surface area contributed by atoms with Gasteiger partial charge in [0.05, 0.1) is 19.1 Å². The minimum Gasteiger partial charge on any atom is -0.501 e. The van der Waals surface area contributed by atoms with E-state index in [1.54, 1.807) is 17.0 Å². The van der Waals surface area contributed by atoms with Crippen LogP contribution in [0.1, 0.15) is 37.7 Å². The largest absolute Gasteiger partial charge is 0.501 e. The lowest BCUT2D eigenvalue weighted by Gasteiger charge is -2.30. The summed E-state index contributed by atoms with van der Waals surface area (Å²) in [7, 11) is 0. The van der Waals surface area contributed by atoms with Crippen LogP contribution >= 0.6 is 34.4 Å². The molecule has 1 amide bonds. The van der Waals surface area contributed by atoms with E-state index >= 15 is 0 Å². The Kier molecular flexibility index (Phi) is 6.61. The van der Waals surface area contributed by atoms with Gasteiger partial charge in [-0.2, -0.15) is 0 Å². The fraction of sp³-hybridized carbons (Fsp3) is 0.273. The fourth-order valence-electron chi connectivity index (χ4n) is 3.82. The van der Waals surface area contributed by atoms with Crippen LogP contribution in [0.15, 0.2) is 52.4 Å². The Morgan fingerprint density at radius 1 is 1.19 bits per heavy atom. The Labute approximate surface area is 197 Å². The van der Waals surface area contributed by atoms with E-state index in [0.29, 0.717) is 19.2 Å². The van der Waals surface area contributed by atoms with Crippen molar-refractivity contribution in [3.63, 3.8) is 0 Å². The van der Waals surface area contributed by atoms with E-state index in [9.17, 15) is 20.0 Å². The second-order valence-corrected chi connectivity index (χ2v) is 9.61. The van der Waals surface area contributed by atoms with Crippen molar-refractivity contribution < 1.29 is 14.8 Å². The van der Waals surface area contributed by atoms with Gasteiger partial charge in [0, 0.05) is 12.1 Å². The molecule has 1 aliphatic carbocycles. The summed E-state index contributed by atoms with van der Waals surface area (Å²) >= 11 is 3.14. The Morgan fingerprint density at radius 2 is 1.90 bits per heavy atom. The lowest BCUT2D eigenvalue weighted by atomic mass is 9.94. The highest BCUT2D eigenvalue weighted by Crippen LogP contribution is 2.40. The van der Waals surface area contributed by atoms with Crippen LogP contribution in [-0.4, -0.2) is 32.0 Å². The van der Waals surface area contributed by atoms with Crippen molar-refractivity contribution in [3.05, 3.63) is 66.6 Å². The summed E-state index contributed by atoms with van der Waals surface area (Å²) in [6, 6.07) is 12.5. The third-order valence-electron chi connectivity index (χ3n) is 5.32. The van der Waals surface area contributed by atoms with Crippen LogP contribution in [0, 0.1) is 13.7 Å². The number of hydrogen-bond donors (Lipinski definition) is 1. The molecule has 0 aromatic heterocycles. The van der Waals surface area contributed by atoms with E-state index in [2.05, 4.69) is 0 Å². The van der Waals surface area contributed by atoms with Gasteiger partial charge in [-0.25, -0.2) is 4.99 Å². The normalized spacial score (nSPS) is 20.0. The average molecular weight is 549 g/mol. The summed E-state index contributed by atoms with van der Waals surface area (Å²) in [5.74, 6) is -0.495. The van der Waals surface area contributed by atoms with Gasteiger partial charge in [-0.15, -0.1) is 0 Å². The molecule has 160 valence electrons. The summed E-state index contributed by atoms with van der Waals surface area (Å²) in [4.78, 5) is 31.0. The van der Waals surface area contributed by atoms with Crippen LogP contribution in [0.4, 0.5) is 11.4 Å². The van der Waals surface area contributed by atoms with E-state index in [-0.39, 0.29) is 23.4 Å². The topological polar surface area (TPSA) is 96.0 Å². The highest BCUT2D eigenvalue weighted by Gasteiger charge is 2.38. The number of para-hydroxylation sites is 1. The lowest BCUT2D eigenvalue weighted by molar-refractivity contribution is -0.386. The van der Waals surface area contributed by atoms with E-state index in [4.69, 9.17) is 4.99 Å². The first-order valence-corrected chi connectivity index (χ1v) is 11.9. The maximum absolute atomic E-state index is 13.4. The predicted molar refractivity (Wildman–Crippen MR) is 130 cm³/mol. The molecule has 0 spiro atoms. The second kappa shape index (κ2) is 9.39. The number of carbonyl (C=O) groups excluding carboxylic acids is 1. The number of rotatable bonds is 4. The summed E-state index contributed by atoms with van der Waals surface area (Å²) in [6.45, 7) is 0. The fourth-order valence-corrected chi connectivity index (χ4v) is 5.51. The summed E-state index contributed by atoms with van der Waals surface area (Å²) < 4.78 is 0.358. The zero-order valence-electron chi connectivity index (χ0n) is 16.5. The molecule has 2 aromatic rings. The van der Waals surface area contributed by atoms with E-state index in [1.807, 2.05) is 52.9 Å². The van der Waals surface area contributed by atoms with Gasteiger partial charge in [-0.1, -0.05) is 37.5 Å². The van der Waals surface area contributed by atoms with Gasteiger partial charge in [0.2, 0.25) is 5.75 Å². The molecule has 1 heterocycles. The number of phenolic OH excluding ortho intramolecular Hbond substituents is 1. The predicted octanol–water partition coefficient (Wildman–Crippen LogP) is 5.84. The molecule has 2 fully saturated rings. The first-order chi connectivity index (χ1) is 14.9. The smallest absolute Gasteiger partial charge is 0.312 e. The number of benzene rings is 2. The van der Waals surface area contributed by atoms with Gasteiger partial charge in [0.1, 0.15) is 0 Å². The van der Waals surface area contributed by atoms with Gasteiger partial charge < -0.3 is 5.11 Å². The number of hydrogen-bond acceptors (Lipinski definition) is 6. The number of nitrogens with zero attached hydrogens (tertiary/aromatic N) is 3. The number of halogens is 1. The van der Waals surface area contributed by atoms with Crippen LogP contribution in [0.2, 0.25) is 0 Å². The zero-order valence-corrected chi connectivity index (χ0v) is 19.5. The molecule has 1 N–H and O–H groups in total. The van der Waals surface area contributed by atoms with Gasteiger partial charge >= 0.3 is 5.69 Å². The number of nitro benzene ring substituents is 1. The molecule has 0 atom stereocenters. The Morgan fingerprint density at radius 3 is 2.58 bits per heavy atom. The summed E-state index contributed by atoms with van der Waals surface area (Å²) in [6.07, 6.45) is 6.87. The molecule has 1 aliphatic heterocycles. The van der Waals surface area contributed by atoms with E-state index < -0.39 is 4.92 Å². The molecule has 0 bridgehead atoms. The molecule has 2 aliphatic rings. The number of nitro groups is 1. The Hall–Kier alpha value is -2.40. The maximum Gasteiger partial charge on any atom is 0.312 e. The van der Waals surface area contributed by atoms with Crippen LogP contribution in [0.3, 0.4) is 0 Å². The molecule has 7 nitrogen and oxygen atoms in total. The van der Waals surface area contributed by atoms with Crippen molar-refractivity contribution in [1.82, 2.24) is 4.90 Å². The molecular formula is C22H20IN3O4S. The third-order valence-corrected chi connectivity index (χ3v) is 7.12. The highest BCUT2D eigenvalue weighted by atomic mass is 127. The number of amides is 1. The second-order valence-electron chi connectivity index (χ2n) is 7.44. The van der Waals surface area contributed by atoms with Crippen molar-refractivity contribution in [2.45, 2.75) is 38.1 Å². The highest BCUT2D eigenvalue weighted by molar-refractivity contribution is 14.1. The first-order valence-electron chi connectivity index (χ1n) is 9.98.